The highest BCUT2D eigenvalue weighted by Crippen LogP contribution is 2.29. The number of carbonyl (C=O) groups is 2. The van der Waals surface area contributed by atoms with Gasteiger partial charge in [0.05, 0.1) is 7.11 Å². The highest BCUT2D eigenvalue weighted by molar-refractivity contribution is 5.95. The highest BCUT2D eigenvalue weighted by atomic mass is 16.5. The first-order chi connectivity index (χ1) is 11.6. The number of benzene rings is 1. The van der Waals surface area contributed by atoms with Gasteiger partial charge in [-0.25, -0.2) is 0 Å². The molecular formula is C17H25N3O4. The third-order valence-electron chi connectivity index (χ3n) is 3.98. The van der Waals surface area contributed by atoms with Gasteiger partial charge in [0.1, 0.15) is 0 Å². The number of methoxy groups -OCH3 is 1. The van der Waals surface area contributed by atoms with E-state index < -0.39 is 5.91 Å². The molecule has 0 spiro atoms. The normalized spacial score (nSPS) is 16.7. The number of rotatable bonds is 8. The monoisotopic (exact) mass is 335 g/mol. The minimum atomic E-state index is -0.569. The van der Waals surface area contributed by atoms with Crippen molar-refractivity contribution in [1.29, 1.82) is 0 Å². The van der Waals surface area contributed by atoms with E-state index in [1.165, 1.54) is 7.11 Å². The van der Waals surface area contributed by atoms with Crippen molar-refractivity contribution in [2.45, 2.75) is 25.8 Å². The van der Waals surface area contributed by atoms with Crippen LogP contribution >= 0.6 is 0 Å². The molecule has 24 heavy (non-hydrogen) atoms. The molecule has 0 radical (unpaired) electrons. The molecule has 7 nitrogen and oxygen atoms in total. The second-order valence-corrected chi connectivity index (χ2v) is 5.77. The number of carbonyl (C=O) groups excluding carboxylic acids is 2. The van der Waals surface area contributed by atoms with Gasteiger partial charge in [0.2, 0.25) is 0 Å². The Morgan fingerprint density at radius 3 is 2.75 bits per heavy atom. The summed E-state index contributed by atoms with van der Waals surface area (Å²) in [4.78, 5) is 25.7. The maximum absolute atomic E-state index is 12.9. The van der Waals surface area contributed by atoms with E-state index in [1.807, 2.05) is 4.90 Å². The second-order valence-electron chi connectivity index (χ2n) is 5.77. The largest absolute Gasteiger partial charge is 0.493 e. The molecule has 7 heteroatoms. The number of nitrogens with zero attached hydrogens (tertiary/aromatic N) is 1. The maximum atomic E-state index is 12.9. The van der Waals surface area contributed by atoms with Crippen LogP contribution in [-0.4, -0.2) is 56.1 Å². The Hall–Kier alpha value is -2.28. The Kier molecular flexibility index (Phi) is 6.43. The standard InChI is InChI=1S/C17H25N3O4/c1-3-8-20(13-6-7-19-10-13)17(22)12-4-5-14(15(9-12)23-2)24-11-16(18)21/h4-5,9,13,19H,3,6-8,10-11H2,1-2H3,(H2,18,21). The van der Waals surface area contributed by atoms with Crippen LogP contribution in [0.2, 0.25) is 0 Å². The van der Waals surface area contributed by atoms with Gasteiger partial charge in [0.15, 0.2) is 18.1 Å². The molecule has 2 amide bonds. The number of hydrogen-bond acceptors (Lipinski definition) is 5. The van der Waals surface area contributed by atoms with Crippen LogP contribution in [0.1, 0.15) is 30.1 Å². The molecule has 132 valence electrons. The van der Waals surface area contributed by atoms with Crippen molar-refractivity contribution in [3.8, 4) is 11.5 Å². The number of primary amides is 1. The fourth-order valence-electron chi connectivity index (χ4n) is 2.83. The van der Waals surface area contributed by atoms with Gasteiger partial charge in [-0.2, -0.15) is 0 Å². The fourth-order valence-corrected chi connectivity index (χ4v) is 2.83. The Morgan fingerprint density at radius 1 is 1.38 bits per heavy atom. The highest BCUT2D eigenvalue weighted by Gasteiger charge is 2.27. The predicted molar refractivity (Wildman–Crippen MR) is 90.3 cm³/mol. The fraction of sp³-hybridized carbons (Fsp3) is 0.529. The summed E-state index contributed by atoms with van der Waals surface area (Å²) in [5.74, 6) is 0.200. The molecule has 1 aromatic rings. The zero-order chi connectivity index (χ0) is 17.5. The van der Waals surface area contributed by atoms with Crippen LogP contribution in [0.25, 0.3) is 0 Å². The smallest absolute Gasteiger partial charge is 0.255 e. The van der Waals surface area contributed by atoms with Crippen molar-refractivity contribution in [3.05, 3.63) is 23.8 Å². The van der Waals surface area contributed by atoms with Gasteiger partial charge >= 0.3 is 0 Å². The van der Waals surface area contributed by atoms with E-state index in [1.54, 1.807) is 18.2 Å². The van der Waals surface area contributed by atoms with Crippen LogP contribution in [0.5, 0.6) is 11.5 Å². The summed E-state index contributed by atoms with van der Waals surface area (Å²) in [6.07, 6.45) is 1.86. The molecule has 1 heterocycles. The summed E-state index contributed by atoms with van der Waals surface area (Å²) >= 11 is 0. The average molecular weight is 335 g/mol. The lowest BCUT2D eigenvalue weighted by Gasteiger charge is -2.28. The molecule has 0 bridgehead atoms. The molecule has 1 fully saturated rings. The molecule has 1 saturated heterocycles. The zero-order valence-electron chi connectivity index (χ0n) is 14.2. The van der Waals surface area contributed by atoms with Crippen molar-refractivity contribution in [1.82, 2.24) is 10.2 Å². The van der Waals surface area contributed by atoms with Crippen LogP contribution in [0.3, 0.4) is 0 Å². The molecule has 3 N–H and O–H groups in total. The summed E-state index contributed by atoms with van der Waals surface area (Å²) in [6.45, 7) is 4.29. The van der Waals surface area contributed by atoms with E-state index in [0.29, 0.717) is 23.6 Å². The van der Waals surface area contributed by atoms with E-state index in [9.17, 15) is 9.59 Å². The van der Waals surface area contributed by atoms with Crippen LogP contribution in [0, 0.1) is 0 Å². The molecule has 2 rings (SSSR count). The lowest BCUT2D eigenvalue weighted by Crippen LogP contribution is -2.42. The van der Waals surface area contributed by atoms with Gasteiger partial charge in [-0.05, 0) is 37.6 Å². The summed E-state index contributed by atoms with van der Waals surface area (Å²) in [6, 6.07) is 5.18. The lowest BCUT2D eigenvalue weighted by molar-refractivity contribution is -0.119. The van der Waals surface area contributed by atoms with Crippen LogP contribution in [0.15, 0.2) is 18.2 Å². The van der Waals surface area contributed by atoms with E-state index in [2.05, 4.69) is 12.2 Å². The van der Waals surface area contributed by atoms with Gasteiger partial charge < -0.3 is 25.4 Å². The second kappa shape index (κ2) is 8.54. The first-order valence-corrected chi connectivity index (χ1v) is 8.17. The third-order valence-corrected chi connectivity index (χ3v) is 3.98. The quantitative estimate of drug-likeness (QED) is 0.732. The summed E-state index contributed by atoms with van der Waals surface area (Å²) in [5.41, 5.74) is 5.62. The molecule has 1 aromatic carbocycles. The Bertz CT molecular complexity index is 585. The summed E-state index contributed by atoms with van der Waals surface area (Å²) in [7, 11) is 1.49. The van der Waals surface area contributed by atoms with E-state index in [4.69, 9.17) is 15.2 Å². The first-order valence-electron chi connectivity index (χ1n) is 8.17. The molecule has 0 aliphatic carbocycles. The Balaban J connectivity index is 2.19. The van der Waals surface area contributed by atoms with Gasteiger partial charge in [-0.1, -0.05) is 6.92 Å². The summed E-state index contributed by atoms with van der Waals surface area (Å²) in [5, 5.41) is 3.29. The molecular weight excluding hydrogens is 310 g/mol. The van der Waals surface area contributed by atoms with E-state index in [-0.39, 0.29) is 18.6 Å². The zero-order valence-corrected chi connectivity index (χ0v) is 14.2. The number of amides is 2. The topological polar surface area (TPSA) is 93.9 Å². The molecule has 0 saturated carbocycles. The van der Waals surface area contributed by atoms with E-state index >= 15 is 0 Å². The maximum Gasteiger partial charge on any atom is 0.255 e. The lowest BCUT2D eigenvalue weighted by atomic mass is 10.1. The van der Waals surface area contributed by atoms with Crippen molar-refractivity contribution >= 4 is 11.8 Å². The van der Waals surface area contributed by atoms with Crippen molar-refractivity contribution in [2.75, 3.05) is 33.4 Å². The molecule has 1 unspecified atom stereocenters. The third kappa shape index (κ3) is 4.38. The minimum absolute atomic E-state index is 0.0229. The average Bonchev–Trinajstić information content (AvgIpc) is 3.11. The van der Waals surface area contributed by atoms with Gasteiger partial charge in [0.25, 0.3) is 11.8 Å². The van der Waals surface area contributed by atoms with Crippen LogP contribution in [0.4, 0.5) is 0 Å². The van der Waals surface area contributed by atoms with Crippen LogP contribution < -0.4 is 20.5 Å². The Labute approximate surface area is 142 Å². The summed E-state index contributed by atoms with van der Waals surface area (Å²) < 4.78 is 10.6. The van der Waals surface area contributed by atoms with Crippen molar-refractivity contribution < 1.29 is 19.1 Å². The van der Waals surface area contributed by atoms with Crippen molar-refractivity contribution in [2.24, 2.45) is 5.73 Å². The minimum Gasteiger partial charge on any atom is -0.493 e. The molecule has 0 aromatic heterocycles. The van der Waals surface area contributed by atoms with E-state index in [0.717, 1.165) is 25.9 Å². The van der Waals surface area contributed by atoms with Crippen molar-refractivity contribution in [3.63, 3.8) is 0 Å². The number of hydrogen-bond donors (Lipinski definition) is 2. The first kappa shape index (κ1) is 18.1. The van der Waals surface area contributed by atoms with Gasteiger partial charge in [-0.15, -0.1) is 0 Å². The van der Waals surface area contributed by atoms with Crippen LogP contribution in [-0.2, 0) is 4.79 Å². The van der Waals surface area contributed by atoms with Gasteiger partial charge in [0, 0.05) is 24.7 Å². The molecule has 1 atom stereocenters. The molecule has 1 aliphatic rings. The van der Waals surface area contributed by atoms with Gasteiger partial charge in [-0.3, -0.25) is 9.59 Å². The molecule has 1 aliphatic heterocycles. The SMILES string of the molecule is CCCN(C(=O)c1ccc(OCC(N)=O)c(OC)c1)C1CCNC1. The predicted octanol–water partition coefficient (Wildman–Crippen LogP) is 0.773. The number of nitrogens with one attached hydrogen (secondary N) is 1. The number of ether oxygens (including phenoxy) is 2. The number of nitrogens with two attached hydrogens (primary N) is 1. The Morgan fingerprint density at radius 2 is 2.17 bits per heavy atom.